The van der Waals surface area contributed by atoms with Crippen molar-refractivity contribution in [2.24, 2.45) is 5.73 Å². The molecule has 0 aliphatic rings. The smallest absolute Gasteiger partial charge is 0.0618 e. The number of rotatable bonds is 8. The lowest BCUT2D eigenvalue weighted by Gasteiger charge is -2.28. The van der Waals surface area contributed by atoms with Crippen molar-refractivity contribution in [2.45, 2.75) is 32.7 Å². The Balaban J connectivity index is 3.88. The Hall–Kier alpha value is -0.120. The molecular formula is C10H24N2O. The minimum absolute atomic E-state index is 0.545. The SMILES string of the molecule is CCN(CC)C(CCCN)COC. The lowest BCUT2D eigenvalue weighted by Crippen LogP contribution is -2.38. The van der Waals surface area contributed by atoms with E-state index in [1.54, 1.807) is 7.11 Å². The summed E-state index contributed by atoms with van der Waals surface area (Å²) in [5, 5.41) is 0. The molecule has 0 spiro atoms. The van der Waals surface area contributed by atoms with Gasteiger partial charge in [-0.1, -0.05) is 13.8 Å². The van der Waals surface area contributed by atoms with Gasteiger partial charge in [0.25, 0.3) is 0 Å². The normalized spacial score (nSPS) is 13.6. The first kappa shape index (κ1) is 12.9. The van der Waals surface area contributed by atoms with Gasteiger partial charge in [-0.15, -0.1) is 0 Å². The van der Waals surface area contributed by atoms with Crippen molar-refractivity contribution in [1.29, 1.82) is 0 Å². The summed E-state index contributed by atoms with van der Waals surface area (Å²) in [6.07, 6.45) is 2.23. The molecule has 0 saturated heterocycles. The number of methoxy groups -OCH3 is 1. The molecule has 1 atom stereocenters. The summed E-state index contributed by atoms with van der Waals surface area (Å²) in [5.41, 5.74) is 5.50. The maximum atomic E-state index is 5.50. The van der Waals surface area contributed by atoms with Crippen LogP contribution in [0.15, 0.2) is 0 Å². The van der Waals surface area contributed by atoms with Crippen LogP contribution < -0.4 is 5.73 Å². The maximum absolute atomic E-state index is 5.50. The van der Waals surface area contributed by atoms with Gasteiger partial charge >= 0.3 is 0 Å². The molecule has 0 aromatic rings. The van der Waals surface area contributed by atoms with E-state index in [0.717, 1.165) is 39.1 Å². The molecule has 0 aromatic heterocycles. The van der Waals surface area contributed by atoms with Gasteiger partial charge in [0.1, 0.15) is 0 Å². The number of hydrogen-bond donors (Lipinski definition) is 1. The molecule has 2 N–H and O–H groups in total. The summed E-state index contributed by atoms with van der Waals surface area (Å²) in [6.45, 7) is 8.16. The summed E-state index contributed by atoms with van der Waals surface area (Å²) >= 11 is 0. The zero-order valence-electron chi connectivity index (χ0n) is 9.25. The molecule has 0 radical (unpaired) electrons. The van der Waals surface area contributed by atoms with Crippen LogP contribution in [0.1, 0.15) is 26.7 Å². The van der Waals surface area contributed by atoms with Gasteiger partial charge in [-0.05, 0) is 32.5 Å². The number of ether oxygens (including phenoxy) is 1. The fourth-order valence-corrected chi connectivity index (χ4v) is 1.66. The molecule has 0 aliphatic carbocycles. The standard InChI is InChI=1S/C10H24N2O/c1-4-12(5-2)10(9-13-3)7-6-8-11/h10H,4-9,11H2,1-3H3. The summed E-state index contributed by atoms with van der Waals surface area (Å²) in [7, 11) is 1.76. The highest BCUT2D eigenvalue weighted by molar-refractivity contribution is 4.69. The Morgan fingerprint density at radius 3 is 2.31 bits per heavy atom. The molecule has 80 valence electrons. The Bertz CT molecular complexity index is 105. The third-order valence-electron chi connectivity index (χ3n) is 2.43. The van der Waals surface area contributed by atoms with E-state index in [-0.39, 0.29) is 0 Å². The van der Waals surface area contributed by atoms with Crippen molar-refractivity contribution in [3.05, 3.63) is 0 Å². The van der Waals surface area contributed by atoms with E-state index in [2.05, 4.69) is 18.7 Å². The summed E-state index contributed by atoms with van der Waals surface area (Å²) in [5.74, 6) is 0. The van der Waals surface area contributed by atoms with E-state index >= 15 is 0 Å². The quantitative estimate of drug-likeness (QED) is 0.619. The highest BCUT2D eigenvalue weighted by Gasteiger charge is 2.14. The van der Waals surface area contributed by atoms with E-state index in [9.17, 15) is 0 Å². The lowest BCUT2D eigenvalue weighted by atomic mass is 10.1. The van der Waals surface area contributed by atoms with Crippen molar-refractivity contribution in [2.75, 3.05) is 33.4 Å². The van der Waals surface area contributed by atoms with Crippen molar-refractivity contribution >= 4 is 0 Å². The van der Waals surface area contributed by atoms with Crippen LogP contribution in [0, 0.1) is 0 Å². The molecule has 3 nitrogen and oxygen atoms in total. The number of nitrogens with two attached hydrogens (primary N) is 1. The Morgan fingerprint density at radius 1 is 1.31 bits per heavy atom. The molecule has 13 heavy (non-hydrogen) atoms. The monoisotopic (exact) mass is 188 g/mol. The summed E-state index contributed by atoms with van der Waals surface area (Å²) in [6, 6.07) is 0.545. The summed E-state index contributed by atoms with van der Waals surface area (Å²) < 4.78 is 5.20. The van der Waals surface area contributed by atoms with Crippen LogP contribution >= 0.6 is 0 Å². The molecule has 0 aliphatic heterocycles. The minimum Gasteiger partial charge on any atom is -0.383 e. The Morgan fingerprint density at radius 2 is 1.92 bits per heavy atom. The third-order valence-corrected chi connectivity index (χ3v) is 2.43. The largest absolute Gasteiger partial charge is 0.383 e. The van der Waals surface area contributed by atoms with Gasteiger partial charge in [0.05, 0.1) is 6.61 Å². The fourth-order valence-electron chi connectivity index (χ4n) is 1.66. The predicted octanol–water partition coefficient (Wildman–Crippen LogP) is 1.08. The molecule has 0 rings (SSSR count). The van der Waals surface area contributed by atoms with Crippen molar-refractivity contribution in [3.63, 3.8) is 0 Å². The summed E-state index contributed by atoms with van der Waals surface area (Å²) in [4.78, 5) is 2.43. The second-order valence-electron chi connectivity index (χ2n) is 3.26. The fraction of sp³-hybridized carbons (Fsp3) is 1.00. The topological polar surface area (TPSA) is 38.5 Å². The number of nitrogens with zero attached hydrogens (tertiary/aromatic N) is 1. The molecule has 0 amide bonds. The average Bonchev–Trinajstić information content (AvgIpc) is 2.16. The molecule has 0 saturated carbocycles. The first-order valence-corrected chi connectivity index (χ1v) is 5.23. The van der Waals surface area contributed by atoms with Crippen LogP contribution in [0.25, 0.3) is 0 Å². The first-order valence-electron chi connectivity index (χ1n) is 5.23. The predicted molar refractivity (Wildman–Crippen MR) is 56.9 cm³/mol. The van der Waals surface area contributed by atoms with Crippen LogP contribution in [0.5, 0.6) is 0 Å². The second-order valence-corrected chi connectivity index (χ2v) is 3.26. The van der Waals surface area contributed by atoms with Gasteiger partial charge in [0.15, 0.2) is 0 Å². The number of hydrogen-bond acceptors (Lipinski definition) is 3. The van der Waals surface area contributed by atoms with Crippen molar-refractivity contribution in [3.8, 4) is 0 Å². The van der Waals surface area contributed by atoms with E-state index in [1.807, 2.05) is 0 Å². The van der Waals surface area contributed by atoms with E-state index in [1.165, 1.54) is 0 Å². The lowest BCUT2D eigenvalue weighted by molar-refractivity contribution is 0.0907. The highest BCUT2D eigenvalue weighted by atomic mass is 16.5. The van der Waals surface area contributed by atoms with Crippen LogP contribution in [-0.2, 0) is 4.74 Å². The zero-order chi connectivity index (χ0) is 10.1. The van der Waals surface area contributed by atoms with Gasteiger partial charge in [0.2, 0.25) is 0 Å². The van der Waals surface area contributed by atoms with Crippen molar-refractivity contribution in [1.82, 2.24) is 4.90 Å². The maximum Gasteiger partial charge on any atom is 0.0618 e. The van der Waals surface area contributed by atoms with Gasteiger partial charge in [0, 0.05) is 13.2 Å². The highest BCUT2D eigenvalue weighted by Crippen LogP contribution is 2.06. The number of likely N-dealkylation sites (N-methyl/N-ethyl adjacent to an activating group) is 1. The molecular weight excluding hydrogens is 164 g/mol. The van der Waals surface area contributed by atoms with Crippen LogP contribution in [0.3, 0.4) is 0 Å². The molecule has 3 heteroatoms. The van der Waals surface area contributed by atoms with Gasteiger partial charge in [-0.25, -0.2) is 0 Å². The van der Waals surface area contributed by atoms with Crippen molar-refractivity contribution < 1.29 is 4.74 Å². The molecule has 0 bridgehead atoms. The first-order chi connectivity index (χ1) is 6.29. The second kappa shape index (κ2) is 8.48. The van der Waals surface area contributed by atoms with E-state index < -0.39 is 0 Å². The Kier molecular flexibility index (Phi) is 8.40. The van der Waals surface area contributed by atoms with E-state index in [4.69, 9.17) is 10.5 Å². The van der Waals surface area contributed by atoms with Gasteiger partial charge in [-0.2, -0.15) is 0 Å². The minimum atomic E-state index is 0.545. The van der Waals surface area contributed by atoms with Gasteiger partial charge in [-0.3, -0.25) is 4.90 Å². The molecule has 0 fully saturated rings. The molecule has 1 unspecified atom stereocenters. The third kappa shape index (κ3) is 5.24. The average molecular weight is 188 g/mol. The molecule has 0 aromatic carbocycles. The van der Waals surface area contributed by atoms with Crippen LogP contribution in [0.2, 0.25) is 0 Å². The zero-order valence-corrected chi connectivity index (χ0v) is 9.25. The Labute approximate surface area is 82.2 Å². The van der Waals surface area contributed by atoms with Crippen LogP contribution in [-0.4, -0.2) is 44.3 Å². The molecule has 0 heterocycles. The van der Waals surface area contributed by atoms with Gasteiger partial charge < -0.3 is 10.5 Å². The van der Waals surface area contributed by atoms with E-state index in [0.29, 0.717) is 6.04 Å². The van der Waals surface area contributed by atoms with Crippen LogP contribution in [0.4, 0.5) is 0 Å².